The minimum Gasteiger partial charge on any atom is -0.494 e. The Morgan fingerprint density at radius 3 is 2.21 bits per heavy atom. The molecule has 0 bridgehead atoms. The number of hydrogen-bond acceptors (Lipinski definition) is 5. The lowest BCUT2D eigenvalue weighted by molar-refractivity contribution is -0.138. The maximum atomic E-state index is 11.1. The van der Waals surface area contributed by atoms with Crippen molar-refractivity contribution in [1.29, 1.82) is 0 Å². The number of hydrogen-bond donors (Lipinski definition) is 3. The highest BCUT2D eigenvalue weighted by atomic mass is 16.5. The highest BCUT2D eigenvalue weighted by molar-refractivity contribution is 6.39. The van der Waals surface area contributed by atoms with Crippen LogP contribution in [0.15, 0.2) is 24.3 Å². The van der Waals surface area contributed by atoms with Crippen molar-refractivity contribution in [3.05, 3.63) is 29.8 Å². The van der Waals surface area contributed by atoms with E-state index in [4.69, 9.17) is 20.7 Å². The van der Waals surface area contributed by atoms with E-state index in [-0.39, 0.29) is 18.6 Å². The van der Waals surface area contributed by atoms with Crippen LogP contribution in [0.5, 0.6) is 5.75 Å². The molecule has 7 nitrogen and oxygen atoms in total. The van der Waals surface area contributed by atoms with Crippen molar-refractivity contribution in [2.45, 2.75) is 12.5 Å². The van der Waals surface area contributed by atoms with Crippen LogP contribution in [-0.4, -0.2) is 40.6 Å². The molecule has 1 aromatic carbocycles. The molecule has 0 aliphatic rings. The number of rotatable bonds is 7. The number of benzene rings is 1. The van der Waals surface area contributed by atoms with Crippen molar-refractivity contribution in [3.63, 3.8) is 0 Å². The van der Waals surface area contributed by atoms with Crippen LogP contribution in [0.25, 0.3) is 0 Å². The Kier molecular flexibility index (Phi) is 5.01. The molecule has 0 aliphatic carbocycles. The number of Topliss-reactive ketones (excluding diaryl/α,β-unsaturated/α-hetero) is 1. The number of carbonyl (C=O) groups excluding carboxylic acids is 1. The van der Waals surface area contributed by atoms with Crippen molar-refractivity contribution in [2.24, 2.45) is 5.73 Å². The second-order valence-corrected chi connectivity index (χ2v) is 3.74. The maximum Gasteiger partial charge on any atom is 0.377 e. The molecule has 0 aromatic heterocycles. The van der Waals surface area contributed by atoms with Gasteiger partial charge in [0, 0.05) is 12.0 Å². The highest BCUT2D eigenvalue weighted by Gasteiger charge is 2.14. The quantitative estimate of drug-likeness (QED) is 0.473. The predicted octanol–water partition coefficient (Wildman–Crippen LogP) is 0.135. The zero-order valence-corrected chi connectivity index (χ0v) is 9.91. The average Bonchev–Trinajstić information content (AvgIpc) is 2.38. The minimum absolute atomic E-state index is 0.0436. The van der Waals surface area contributed by atoms with Gasteiger partial charge in [0.15, 0.2) is 0 Å². The van der Waals surface area contributed by atoms with E-state index < -0.39 is 23.8 Å². The normalized spacial score (nSPS) is 11.6. The molecule has 0 radical (unpaired) electrons. The van der Waals surface area contributed by atoms with Gasteiger partial charge in [0.2, 0.25) is 0 Å². The van der Waals surface area contributed by atoms with E-state index in [1.54, 1.807) is 0 Å². The number of carboxylic acids is 2. The molecule has 4 N–H and O–H groups in total. The van der Waals surface area contributed by atoms with Gasteiger partial charge in [0.1, 0.15) is 11.8 Å². The third-order valence-corrected chi connectivity index (χ3v) is 2.33. The Balaban J connectivity index is 2.51. The van der Waals surface area contributed by atoms with E-state index >= 15 is 0 Å². The van der Waals surface area contributed by atoms with E-state index in [0.29, 0.717) is 5.75 Å². The molecule has 1 rings (SSSR count). The Morgan fingerprint density at radius 1 is 1.16 bits per heavy atom. The number of nitrogens with two attached hydrogens (primary N) is 1. The van der Waals surface area contributed by atoms with Gasteiger partial charge in [-0.05, 0) is 24.3 Å². The Hall–Kier alpha value is -2.41. The molecular formula is C12H13NO6. The van der Waals surface area contributed by atoms with E-state index in [9.17, 15) is 14.4 Å². The topological polar surface area (TPSA) is 127 Å². The van der Waals surface area contributed by atoms with E-state index in [1.807, 2.05) is 0 Å². The summed E-state index contributed by atoms with van der Waals surface area (Å²) in [5, 5.41) is 17.1. The molecule has 102 valence electrons. The van der Waals surface area contributed by atoms with Crippen molar-refractivity contribution in [2.75, 3.05) is 6.61 Å². The van der Waals surface area contributed by atoms with Gasteiger partial charge < -0.3 is 20.7 Å². The lowest BCUT2D eigenvalue weighted by atomic mass is 10.1. The Bertz CT molecular complexity index is 481. The molecule has 0 amide bonds. The number of carboxylic acid groups (broad SMARTS) is 2. The van der Waals surface area contributed by atoms with Crippen LogP contribution < -0.4 is 10.5 Å². The number of carbonyl (C=O) groups is 3. The van der Waals surface area contributed by atoms with Crippen LogP contribution in [-0.2, 0) is 9.59 Å². The van der Waals surface area contributed by atoms with Crippen molar-refractivity contribution < 1.29 is 29.3 Å². The molecule has 1 unspecified atom stereocenters. The molecule has 1 atom stereocenters. The third-order valence-electron chi connectivity index (χ3n) is 2.33. The van der Waals surface area contributed by atoms with Gasteiger partial charge in [-0.3, -0.25) is 9.59 Å². The summed E-state index contributed by atoms with van der Waals surface area (Å²) < 4.78 is 5.22. The zero-order chi connectivity index (χ0) is 14.4. The lowest BCUT2D eigenvalue weighted by Crippen LogP contribution is -2.31. The molecule has 1 aromatic rings. The van der Waals surface area contributed by atoms with Gasteiger partial charge in [-0.2, -0.15) is 0 Å². The van der Waals surface area contributed by atoms with E-state index in [0.717, 1.165) is 0 Å². The molecule has 0 saturated heterocycles. The molecule has 0 aliphatic heterocycles. The summed E-state index contributed by atoms with van der Waals surface area (Å²) in [6.45, 7) is 0.111. The Labute approximate surface area is 108 Å². The predicted molar refractivity (Wildman–Crippen MR) is 64.1 cm³/mol. The van der Waals surface area contributed by atoms with Crippen LogP contribution >= 0.6 is 0 Å². The molecule has 0 fully saturated rings. The first-order valence-corrected chi connectivity index (χ1v) is 5.40. The first-order chi connectivity index (χ1) is 8.91. The molecule has 0 heterocycles. The fourth-order valence-electron chi connectivity index (χ4n) is 1.25. The monoisotopic (exact) mass is 267 g/mol. The summed E-state index contributed by atoms with van der Waals surface area (Å²) in [4.78, 5) is 32.0. The van der Waals surface area contributed by atoms with E-state index in [1.165, 1.54) is 24.3 Å². The van der Waals surface area contributed by atoms with Crippen molar-refractivity contribution >= 4 is 17.7 Å². The standard InChI is InChI=1S/C12H13NO6/c13-9(11(15)16)5-6-19-8-3-1-7(2-4-8)10(14)12(17)18/h1-4,9H,5-6,13H2,(H,15,16)(H,17,18). The Morgan fingerprint density at radius 2 is 1.74 bits per heavy atom. The molecular weight excluding hydrogens is 254 g/mol. The third kappa shape index (κ3) is 4.40. The van der Waals surface area contributed by atoms with Gasteiger partial charge in [0.25, 0.3) is 5.78 Å². The molecule has 19 heavy (non-hydrogen) atoms. The van der Waals surface area contributed by atoms with Crippen LogP contribution in [0.2, 0.25) is 0 Å². The highest BCUT2D eigenvalue weighted by Crippen LogP contribution is 2.13. The fourth-order valence-corrected chi connectivity index (χ4v) is 1.25. The van der Waals surface area contributed by atoms with Gasteiger partial charge in [0.05, 0.1) is 6.61 Å². The SMILES string of the molecule is NC(CCOc1ccc(C(=O)C(=O)O)cc1)C(=O)O. The summed E-state index contributed by atoms with van der Waals surface area (Å²) in [5.74, 6) is -3.23. The molecule has 0 spiro atoms. The summed E-state index contributed by atoms with van der Waals surface area (Å²) in [7, 11) is 0. The van der Waals surface area contributed by atoms with Crippen molar-refractivity contribution in [1.82, 2.24) is 0 Å². The summed E-state index contributed by atoms with van der Waals surface area (Å²) in [6.07, 6.45) is 0.144. The number of aliphatic carboxylic acids is 2. The number of ether oxygens (including phenoxy) is 1. The largest absolute Gasteiger partial charge is 0.494 e. The van der Waals surface area contributed by atoms with Gasteiger partial charge in [-0.1, -0.05) is 0 Å². The molecule has 7 heteroatoms. The smallest absolute Gasteiger partial charge is 0.377 e. The van der Waals surface area contributed by atoms with Gasteiger partial charge in [-0.15, -0.1) is 0 Å². The second kappa shape index (κ2) is 6.50. The summed E-state index contributed by atoms with van der Waals surface area (Å²) in [6, 6.07) is 4.52. The number of ketones is 1. The minimum atomic E-state index is -1.53. The average molecular weight is 267 g/mol. The van der Waals surface area contributed by atoms with Crippen molar-refractivity contribution in [3.8, 4) is 5.75 Å². The first kappa shape index (κ1) is 14.7. The fraction of sp³-hybridized carbons (Fsp3) is 0.250. The van der Waals surface area contributed by atoms with E-state index in [2.05, 4.69) is 0 Å². The summed E-state index contributed by atoms with van der Waals surface area (Å²) in [5.41, 5.74) is 5.33. The van der Waals surface area contributed by atoms with Gasteiger partial charge >= 0.3 is 11.9 Å². The summed E-state index contributed by atoms with van der Waals surface area (Å²) >= 11 is 0. The second-order valence-electron chi connectivity index (χ2n) is 3.74. The van der Waals surface area contributed by atoms with Gasteiger partial charge in [-0.25, -0.2) is 4.79 Å². The zero-order valence-electron chi connectivity index (χ0n) is 9.91. The van der Waals surface area contributed by atoms with Crippen LogP contribution in [0.4, 0.5) is 0 Å². The van der Waals surface area contributed by atoms with Crippen LogP contribution in [0.3, 0.4) is 0 Å². The van der Waals surface area contributed by atoms with Crippen LogP contribution in [0.1, 0.15) is 16.8 Å². The molecule has 0 saturated carbocycles. The lowest BCUT2D eigenvalue weighted by Gasteiger charge is -2.08. The van der Waals surface area contributed by atoms with Crippen LogP contribution in [0, 0.1) is 0 Å². The first-order valence-electron chi connectivity index (χ1n) is 5.40. The maximum absolute atomic E-state index is 11.1.